The SMILES string of the molecule is Cc1ncccc1C(N)Cc1cc(Cl)ccc1Cl. The normalized spacial score (nSPS) is 12.4. The zero-order valence-corrected chi connectivity index (χ0v) is 11.5. The van der Waals surface area contributed by atoms with Crippen LogP contribution in [0.25, 0.3) is 0 Å². The molecule has 2 N–H and O–H groups in total. The van der Waals surface area contributed by atoms with Crippen LogP contribution in [0.4, 0.5) is 0 Å². The van der Waals surface area contributed by atoms with E-state index >= 15 is 0 Å². The fourth-order valence-corrected chi connectivity index (χ4v) is 2.32. The van der Waals surface area contributed by atoms with E-state index in [1.807, 2.05) is 25.1 Å². The van der Waals surface area contributed by atoms with E-state index < -0.39 is 0 Å². The van der Waals surface area contributed by atoms with Crippen LogP contribution in [0.3, 0.4) is 0 Å². The molecule has 2 rings (SSSR count). The first-order valence-electron chi connectivity index (χ1n) is 5.69. The smallest absolute Gasteiger partial charge is 0.0439 e. The summed E-state index contributed by atoms with van der Waals surface area (Å²) in [6.45, 7) is 1.95. The van der Waals surface area contributed by atoms with Gasteiger partial charge in [-0.3, -0.25) is 4.98 Å². The van der Waals surface area contributed by atoms with E-state index in [0.29, 0.717) is 16.5 Å². The third-order valence-electron chi connectivity index (χ3n) is 2.89. The highest BCUT2D eigenvalue weighted by atomic mass is 35.5. The Morgan fingerprint density at radius 2 is 2.06 bits per heavy atom. The summed E-state index contributed by atoms with van der Waals surface area (Å²) in [6, 6.07) is 9.17. The predicted molar refractivity (Wildman–Crippen MR) is 76.1 cm³/mol. The molecule has 0 saturated heterocycles. The Bertz CT molecular complexity index is 555. The molecule has 94 valence electrons. The lowest BCUT2D eigenvalue weighted by atomic mass is 9.99. The molecule has 4 heteroatoms. The molecule has 0 saturated carbocycles. The summed E-state index contributed by atoms with van der Waals surface area (Å²) in [7, 11) is 0. The Balaban J connectivity index is 2.24. The molecular formula is C14H14Cl2N2. The lowest BCUT2D eigenvalue weighted by Crippen LogP contribution is -2.15. The van der Waals surface area contributed by atoms with Crippen molar-refractivity contribution in [2.75, 3.05) is 0 Å². The second-order valence-electron chi connectivity index (χ2n) is 4.22. The zero-order valence-electron chi connectivity index (χ0n) is 10.0. The molecule has 1 aromatic heterocycles. The minimum atomic E-state index is -0.130. The van der Waals surface area contributed by atoms with Crippen LogP contribution < -0.4 is 5.73 Å². The van der Waals surface area contributed by atoms with Crippen molar-refractivity contribution in [1.29, 1.82) is 0 Å². The Kier molecular flexibility index (Phi) is 4.23. The number of pyridine rings is 1. The minimum Gasteiger partial charge on any atom is -0.324 e. The van der Waals surface area contributed by atoms with Gasteiger partial charge in [0.05, 0.1) is 0 Å². The van der Waals surface area contributed by atoms with Crippen LogP contribution in [0.15, 0.2) is 36.5 Å². The summed E-state index contributed by atoms with van der Waals surface area (Å²) in [6.07, 6.45) is 2.41. The van der Waals surface area contributed by atoms with Gasteiger partial charge in [-0.05, 0) is 48.7 Å². The van der Waals surface area contributed by atoms with Gasteiger partial charge in [-0.2, -0.15) is 0 Å². The van der Waals surface area contributed by atoms with Gasteiger partial charge in [-0.15, -0.1) is 0 Å². The second kappa shape index (κ2) is 5.70. The minimum absolute atomic E-state index is 0.130. The molecule has 1 unspecified atom stereocenters. The molecule has 1 heterocycles. The average Bonchev–Trinajstić information content (AvgIpc) is 2.34. The first kappa shape index (κ1) is 13.3. The number of hydrogen-bond acceptors (Lipinski definition) is 2. The number of hydrogen-bond donors (Lipinski definition) is 1. The largest absolute Gasteiger partial charge is 0.324 e. The van der Waals surface area contributed by atoms with Gasteiger partial charge >= 0.3 is 0 Å². The molecule has 0 aliphatic carbocycles. The van der Waals surface area contributed by atoms with E-state index in [0.717, 1.165) is 16.8 Å². The van der Waals surface area contributed by atoms with E-state index in [2.05, 4.69) is 4.98 Å². The van der Waals surface area contributed by atoms with Crippen LogP contribution in [-0.2, 0) is 6.42 Å². The maximum atomic E-state index is 6.21. The summed E-state index contributed by atoms with van der Waals surface area (Å²) >= 11 is 12.1. The maximum absolute atomic E-state index is 6.21. The monoisotopic (exact) mass is 280 g/mol. The predicted octanol–water partition coefficient (Wildman–Crippen LogP) is 3.94. The molecule has 1 atom stereocenters. The summed E-state index contributed by atoms with van der Waals surface area (Å²) in [5.74, 6) is 0. The average molecular weight is 281 g/mol. The number of aryl methyl sites for hydroxylation is 1. The van der Waals surface area contributed by atoms with Gasteiger partial charge < -0.3 is 5.73 Å². The van der Waals surface area contributed by atoms with E-state index in [1.54, 1.807) is 18.3 Å². The molecule has 0 radical (unpaired) electrons. The van der Waals surface area contributed by atoms with Crippen molar-refractivity contribution in [2.45, 2.75) is 19.4 Å². The van der Waals surface area contributed by atoms with E-state index in [-0.39, 0.29) is 6.04 Å². The van der Waals surface area contributed by atoms with Crippen LogP contribution in [0.1, 0.15) is 22.9 Å². The number of nitrogens with zero attached hydrogens (tertiary/aromatic N) is 1. The Morgan fingerprint density at radius 1 is 1.28 bits per heavy atom. The first-order chi connectivity index (χ1) is 8.58. The van der Waals surface area contributed by atoms with Gasteiger partial charge in [0.1, 0.15) is 0 Å². The third-order valence-corrected chi connectivity index (χ3v) is 3.50. The van der Waals surface area contributed by atoms with E-state index in [1.165, 1.54) is 0 Å². The van der Waals surface area contributed by atoms with Gasteiger partial charge in [0.2, 0.25) is 0 Å². The third kappa shape index (κ3) is 3.02. The van der Waals surface area contributed by atoms with Crippen molar-refractivity contribution in [3.8, 4) is 0 Å². The standard InChI is InChI=1S/C14H14Cl2N2/c1-9-12(3-2-6-18-9)14(17)8-10-7-11(15)4-5-13(10)16/h2-7,14H,8,17H2,1H3. The molecule has 0 aliphatic rings. The van der Waals surface area contributed by atoms with Gasteiger partial charge in [-0.1, -0.05) is 29.3 Å². The van der Waals surface area contributed by atoms with Gasteiger partial charge in [0.25, 0.3) is 0 Å². The molecule has 1 aromatic carbocycles. The number of halogens is 2. The molecule has 0 spiro atoms. The molecule has 0 amide bonds. The number of rotatable bonds is 3. The van der Waals surface area contributed by atoms with Crippen molar-refractivity contribution in [3.63, 3.8) is 0 Å². The quantitative estimate of drug-likeness (QED) is 0.925. The molecule has 18 heavy (non-hydrogen) atoms. The van der Waals surface area contributed by atoms with E-state index in [4.69, 9.17) is 28.9 Å². The molecule has 0 bridgehead atoms. The number of nitrogens with two attached hydrogens (primary N) is 1. The molecule has 0 fully saturated rings. The molecule has 0 aliphatic heterocycles. The molecule has 2 aromatic rings. The van der Waals surface area contributed by atoms with Crippen LogP contribution in [0.2, 0.25) is 10.0 Å². The fraction of sp³-hybridized carbons (Fsp3) is 0.214. The second-order valence-corrected chi connectivity index (χ2v) is 5.07. The fourth-order valence-electron chi connectivity index (χ4n) is 1.94. The topological polar surface area (TPSA) is 38.9 Å². The van der Waals surface area contributed by atoms with Gasteiger partial charge in [0.15, 0.2) is 0 Å². The van der Waals surface area contributed by atoms with Crippen LogP contribution in [0, 0.1) is 6.92 Å². The van der Waals surface area contributed by atoms with Crippen LogP contribution in [-0.4, -0.2) is 4.98 Å². The van der Waals surface area contributed by atoms with Crippen LogP contribution >= 0.6 is 23.2 Å². The summed E-state index contributed by atoms with van der Waals surface area (Å²) in [4.78, 5) is 4.24. The summed E-state index contributed by atoms with van der Waals surface area (Å²) in [5, 5.41) is 1.36. The summed E-state index contributed by atoms with van der Waals surface area (Å²) in [5.41, 5.74) is 9.15. The lowest BCUT2D eigenvalue weighted by molar-refractivity contribution is 0.711. The molecular weight excluding hydrogens is 267 g/mol. The maximum Gasteiger partial charge on any atom is 0.0439 e. The van der Waals surface area contributed by atoms with E-state index in [9.17, 15) is 0 Å². The van der Waals surface area contributed by atoms with Gasteiger partial charge in [0, 0.05) is 28.0 Å². The van der Waals surface area contributed by atoms with Crippen molar-refractivity contribution in [3.05, 3.63) is 63.4 Å². The van der Waals surface area contributed by atoms with Crippen molar-refractivity contribution in [2.24, 2.45) is 5.73 Å². The Hall–Kier alpha value is -1.09. The van der Waals surface area contributed by atoms with Crippen LogP contribution in [0.5, 0.6) is 0 Å². The van der Waals surface area contributed by atoms with Crippen molar-refractivity contribution < 1.29 is 0 Å². The first-order valence-corrected chi connectivity index (χ1v) is 6.44. The van der Waals surface area contributed by atoms with Gasteiger partial charge in [-0.25, -0.2) is 0 Å². The lowest BCUT2D eigenvalue weighted by Gasteiger charge is -2.15. The zero-order chi connectivity index (χ0) is 13.1. The highest BCUT2D eigenvalue weighted by Gasteiger charge is 2.12. The molecule has 2 nitrogen and oxygen atoms in total. The number of benzene rings is 1. The Morgan fingerprint density at radius 3 is 2.78 bits per heavy atom. The Labute approximate surface area is 117 Å². The van der Waals surface area contributed by atoms with Crippen molar-refractivity contribution >= 4 is 23.2 Å². The van der Waals surface area contributed by atoms with Crippen molar-refractivity contribution in [1.82, 2.24) is 4.98 Å². The number of aromatic nitrogens is 1. The highest BCUT2D eigenvalue weighted by Crippen LogP contribution is 2.25. The summed E-state index contributed by atoms with van der Waals surface area (Å²) < 4.78 is 0. The highest BCUT2D eigenvalue weighted by molar-refractivity contribution is 6.33.